The van der Waals surface area contributed by atoms with Crippen molar-refractivity contribution in [3.05, 3.63) is 35.9 Å². The number of nitrogens with zero attached hydrogens (tertiary/aromatic N) is 1. The molecule has 1 aliphatic rings. The van der Waals surface area contributed by atoms with Crippen LogP contribution in [0.25, 0.3) is 0 Å². The molecule has 1 heterocycles. The summed E-state index contributed by atoms with van der Waals surface area (Å²) in [6.45, 7) is 2.30. The first-order valence-corrected chi connectivity index (χ1v) is 8.94. The molecule has 1 fully saturated rings. The molecule has 116 valence electrons. The van der Waals surface area contributed by atoms with E-state index in [2.05, 4.69) is 5.32 Å². The zero-order chi connectivity index (χ0) is 15.5. The molecule has 0 aliphatic carbocycles. The van der Waals surface area contributed by atoms with Crippen LogP contribution in [0.5, 0.6) is 0 Å². The van der Waals surface area contributed by atoms with Crippen molar-refractivity contribution in [1.82, 2.24) is 10.2 Å². The Kier molecular flexibility index (Phi) is 5.00. The maximum absolute atomic E-state index is 12.0. The molecule has 2 atom stereocenters. The number of amides is 1. The van der Waals surface area contributed by atoms with Crippen LogP contribution in [-0.2, 0) is 14.6 Å². The van der Waals surface area contributed by atoms with Gasteiger partial charge in [-0.05, 0) is 26.0 Å². The highest BCUT2D eigenvalue weighted by Gasteiger charge is 2.29. The summed E-state index contributed by atoms with van der Waals surface area (Å²) in [6, 6.07) is 9.87. The predicted octanol–water partition coefficient (Wildman–Crippen LogP) is 0.983. The van der Waals surface area contributed by atoms with Gasteiger partial charge in [-0.15, -0.1) is 0 Å². The molecule has 0 radical (unpaired) electrons. The van der Waals surface area contributed by atoms with Gasteiger partial charge < -0.3 is 5.32 Å². The average Bonchev–Trinajstić information content (AvgIpc) is 2.77. The molecular formula is C15H22N2O3S. The zero-order valence-corrected chi connectivity index (χ0v) is 13.3. The first kappa shape index (κ1) is 16.0. The Morgan fingerprint density at radius 2 is 2.05 bits per heavy atom. The van der Waals surface area contributed by atoms with E-state index >= 15 is 0 Å². The van der Waals surface area contributed by atoms with E-state index in [0.717, 1.165) is 5.56 Å². The average molecular weight is 310 g/mol. The van der Waals surface area contributed by atoms with Crippen molar-refractivity contribution in [2.45, 2.75) is 25.4 Å². The summed E-state index contributed by atoms with van der Waals surface area (Å²) in [5.74, 6) is 0.118. The molecule has 2 rings (SSSR count). The van der Waals surface area contributed by atoms with E-state index in [9.17, 15) is 13.2 Å². The van der Waals surface area contributed by atoms with Crippen LogP contribution in [0.1, 0.15) is 24.9 Å². The van der Waals surface area contributed by atoms with Crippen LogP contribution in [0.2, 0.25) is 0 Å². The zero-order valence-electron chi connectivity index (χ0n) is 12.5. The summed E-state index contributed by atoms with van der Waals surface area (Å²) < 4.78 is 22.8. The van der Waals surface area contributed by atoms with Crippen LogP contribution in [0, 0.1) is 0 Å². The molecule has 0 saturated carbocycles. The third-order valence-electron chi connectivity index (χ3n) is 3.93. The minimum absolute atomic E-state index is 0.0662. The van der Waals surface area contributed by atoms with E-state index in [1.54, 1.807) is 0 Å². The molecule has 1 amide bonds. The van der Waals surface area contributed by atoms with Crippen LogP contribution in [-0.4, -0.2) is 50.4 Å². The van der Waals surface area contributed by atoms with Gasteiger partial charge in [0, 0.05) is 12.1 Å². The minimum Gasteiger partial charge on any atom is -0.351 e. The van der Waals surface area contributed by atoms with Gasteiger partial charge in [-0.2, -0.15) is 0 Å². The van der Waals surface area contributed by atoms with E-state index < -0.39 is 9.84 Å². The van der Waals surface area contributed by atoms with Gasteiger partial charge in [0.1, 0.15) is 0 Å². The molecule has 0 spiro atoms. The lowest BCUT2D eigenvalue weighted by atomic mass is 10.1. The molecular weight excluding hydrogens is 288 g/mol. The Morgan fingerprint density at radius 1 is 1.38 bits per heavy atom. The molecule has 1 aromatic carbocycles. The molecule has 6 heteroatoms. The third-order valence-corrected chi connectivity index (χ3v) is 5.70. The Morgan fingerprint density at radius 3 is 2.62 bits per heavy atom. The van der Waals surface area contributed by atoms with Gasteiger partial charge in [-0.3, -0.25) is 9.69 Å². The minimum atomic E-state index is -2.96. The van der Waals surface area contributed by atoms with Gasteiger partial charge in [0.2, 0.25) is 5.91 Å². The van der Waals surface area contributed by atoms with E-state index in [1.165, 1.54) is 0 Å². The smallest absolute Gasteiger partial charge is 0.234 e. The first-order valence-electron chi connectivity index (χ1n) is 7.12. The predicted molar refractivity (Wildman–Crippen MR) is 82.7 cm³/mol. The number of carbonyl (C=O) groups is 1. The number of nitrogens with one attached hydrogen (secondary N) is 1. The molecule has 1 saturated heterocycles. The maximum atomic E-state index is 12.0. The van der Waals surface area contributed by atoms with Crippen LogP contribution >= 0.6 is 0 Å². The van der Waals surface area contributed by atoms with Crippen LogP contribution in [0.15, 0.2) is 30.3 Å². The summed E-state index contributed by atoms with van der Waals surface area (Å²) in [5, 5.41) is 2.81. The van der Waals surface area contributed by atoms with Crippen molar-refractivity contribution in [3.63, 3.8) is 0 Å². The van der Waals surface area contributed by atoms with Crippen LogP contribution in [0.3, 0.4) is 0 Å². The van der Waals surface area contributed by atoms with Crippen molar-refractivity contribution in [3.8, 4) is 0 Å². The molecule has 1 N–H and O–H groups in total. The maximum Gasteiger partial charge on any atom is 0.234 e. The number of carbonyl (C=O) groups excluding carboxylic acids is 1. The monoisotopic (exact) mass is 310 g/mol. The first-order chi connectivity index (χ1) is 9.87. The highest BCUT2D eigenvalue weighted by Crippen LogP contribution is 2.17. The van der Waals surface area contributed by atoms with Crippen molar-refractivity contribution in [2.75, 3.05) is 25.1 Å². The van der Waals surface area contributed by atoms with Gasteiger partial charge >= 0.3 is 0 Å². The van der Waals surface area contributed by atoms with E-state index in [-0.39, 0.29) is 36.0 Å². The topological polar surface area (TPSA) is 66.5 Å². The Bertz CT molecular complexity index is 586. The quantitative estimate of drug-likeness (QED) is 0.880. The largest absolute Gasteiger partial charge is 0.351 e. The van der Waals surface area contributed by atoms with Gasteiger partial charge in [0.15, 0.2) is 9.84 Å². The Balaban J connectivity index is 1.85. The second kappa shape index (κ2) is 6.58. The SMILES string of the molecule is CC(c1ccccc1)N(C)CC(=O)NC1CCS(=O)(=O)C1. The molecule has 1 aliphatic heterocycles. The standard InChI is InChI=1S/C15H22N2O3S/c1-12(13-6-4-3-5-7-13)17(2)10-15(18)16-14-8-9-21(19,20)11-14/h3-7,12,14H,8-11H2,1-2H3,(H,16,18). The van der Waals surface area contributed by atoms with E-state index in [1.807, 2.05) is 49.2 Å². The van der Waals surface area contributed by atoms with Crippen LogP contribution < -0.4 is 5.32 Å². The lowest BCUT2D eigenvalue weighted by Crippen LogP contribution is -2.42. The van der Waals surface area contributed by atoms with Crippen LogP contribution in [0.4, 0.5) is 0 Å². The number of hydrogen-bond acceptors (Lipinski definition) is 4. The molecule has 5 nitrogen and oxygen atoms in total. The second-order valence-corrected chi connectivity index (χ2v) is 7.90. The molecule has 21 heavy (non-hydrogen) atoms. The Hall–Kier alpha value is -1.40. The van der Waals surface area contributed by atoms with Crippen molar-refractivity contribution < 1.29 is 13.2 Å². The number of hydrogen-bond donors (Lipinski definition) is 1. The van der Waals surface area contributed by atoms with Gasteiger partial charge in [0.05, 0.1) is 18.1 Å². The third kappa shape index (κ3) is 4.54. The highest BCUT2D eigenvalue weighted by atomic mass is 32.2. The molecule has 1 aromatic rings. The fourth-order valence-electron chi connectivity index (χ4n) is 2.53. The highest BCUT2D eigenvalue weighted by molar-refractivity contribution is 7.91. The molecule has 0 aromatic heterocycles. The van der Waals surface area contributed by atoms with E-state index in [0.29, 0.717) is 6.42 Å². The van der Waals surface area contributed by atoms with Crippen molar-refractivity contribution >= 4 is 15.7 Å². The summed E-state index contributed by atoms with van der Waals surface area (Å²) in [6.07, 6.45) is 0.520. The number of benzene rings is 1. The lowest BCUT2D eigenvalue weighted by Gasteiger charge is -2.25. The summed E-state index contributed by atoms with van der Waals surface area (Å²) in [4.78, 5) is 14.0. The number of rotatable bonds is 5. The summed E-state index contributed by atoms with van der Waals surface area (Å²) in [7, 11) is -1.07. The fourth-order valence-corrected chi connectivity index (χ4v) is 4.20. The van der Waals surface area contributed by atoms with Crippen molar-refractivity contribution in [1.29, 1.82) is 0 Å². The fraction of sp³-hybridized carbons (Fsp3) is 0.533. The van der Waals surface area contributed by atoms with Gasteiger partial charge in [-0.1, -0.05) is 30.3 Å². The second-order valence-electron chi connectivity index (χ2n) is 5.67. The van der Waals surface area contributed by atoms with Crippen molar-refractivity contribution in [2.24, 2.45) is 0 Å². The normalized spacial score (nSPS) is 22.1. The number of likely N-dealkylation sites (N-methyl/N-ethyl adjacent to an activating group) is 1. The van der Waals surface area contributed by atoms with Gasteiger partial charge in [-0.25, -0.2) is 8.42 Å². The molecule has 0 bridgehead atoms. The van der Waals surface area contributed by atoms with E-state index in [4.69, 9.17) is 0 Å². The molecule has 2 unspecified atom stereocenters. The van der Waals surface area contributed by atoms with Gasteiger partial charge in [0.25, 0.3) is 0 Å². The lowest BCUT2D eigenvalue weighted by molar-refractivity contribution is -0.122. The summed E-state index contributed by atoms with van der Waals surface area (Å²) >= 11 is 0. The Labute approximate surface area is 126 Å². The number of sulfone groups is 1. The summed E-state index contributed by atoms with van der Waals surface area (Å²) in [5.41, 5.74) is 1.15.